The van der Waals surface area contributed by atoms with Crippen molar-refractivity contribution < 1.29 is 23.5 Å². The van der Waals surface area contributed by atoms with Crippen LogP contribution >= 0.6 is 23.2 Å². The maximum absolute atomic E-state index is 13.2. The van der Waals surface area contributed by atoms with E-state index in [2.05, 4.69) is 0 Å². The van der Waals surface area contributed by atoms with Crippen LogP contribution in [0.2, 0.25) is 10.0 Å². The summed E-state index contributed by atoms with van der Waals surface area (Å²) >= 11 is 12.3. The molecule has 2 amide bonds. The number of fused-ring (bicyclic) bond motifs is 1. The summed E-state index contributed by atoms with van der Waals surface area (Å²) in [7, 11) is 0. The zero-order valence-electron chi connectivity index (χ0n) is 16.7. The van der Waals surface area contributed by atoms with Crippen molar-refractivity contribution >= 4 is 35.0 Å². The van der Waals surface area contributed by atoms with Gasteiger partial charge in [0.05, 0.1) is 35.2 Å². The first-order chi connectivity index (χ1) is 14.9. The quantitative estimate of drug-likeness (QED) is 0.689. The van der Waals surface area contributed by atoms with Gasteiger partial charge in [-0.3, -0.25) is 9.59 Å². The number of piperazine rings is 1. The summed E-state index contributed by atoms with van der Waals surface area (Å²) in [5, 5.41) is 0.503. The van der Waals surface area contributed by atoms with Crippen molar-refractivity contribution in [3.63, 3.8) is 0 Å². The molecule has 0 N–H and O–H groups in total. The minimum Gasteiger partial charge on any atom is -0.489 e. The molecule has 0 atom stereocenters. The second-order valence-electron chi connectivity index (χ2n) is 7.43. The van der Waals surface area contributed by atoms with E-state index in [4.69, 9.17) is 32.7 Å². The van der Waals surface area contributed by atoms with Gasteiger partial charge >= 0.3 is 0 Å². The van der Waals surface area contributed by atoms with Gasteiger partial charge in [0.2, 0.25) is 5.91 Å². The number of benzene rings is 2. The highest BCUT2D eigenvalue weighted by atomic mass is 35.5. The van der Waals surface area contributed by atoms with Crippen molar-refractivity contribution in [2.75, 3.05) is 39.4 Å². The third-order valence-corrected chi connectivity index (χ3v) is 5.89. The Bertz CT molecular complexity index is 1010. The molecule has 2 aliphatic heterocycles. The minimum atomic E-state index is -0.494. The van der Waals surface area contributed by atoms with Gasteiger partial charge in [-0.15, -0.1) is 0 Å². The van der Waals surface area contributed by atoms with Crippen molar-refractivity contribution in [1.82, 2.24) is 9.80 Å². The maximum atomic E-state index is 13.2. The summed E-state index contributed by atoms with van der Waals surface area (Å²) in [6.45, 7) is 2.63. The molecule has 1 fully saturated rings. The predicted molar refractivity (Wildman–Crippen MR) is 115 cm³/mol. The van der Waals surface area contributed by atoms with E-state index in [1.165, 1.54) is 12.1 Å². The van der Waals surface area contributed by atoms with Crippen LogP contribution in [-0.4, -0.2) is 61.0 Å². The molecule has 1 saturated heterocycles. The van der Waals surface area contributed by atoms with Crippen LogP contribution in [0.25, 0.3) is 0 Å². The van der Waals surface area contributed by atoms with Crippen LogP contribution in [0.3, 0.4) is 0 Å². The number of rotatable bonds is 3. The lowest BCUT2D eigenvalue weighted by Crippen LogP contribution is -2.51. The molecular weight excluding hydrogens is 446 g/mol. The largest absolute Gasteiger partial charge is 0.489 e. The highest BCUT2D eigenvalue weighted by molar-refractivity contribution is 6.33. The second kappa shape index (κ2) is 9.32. The van der Waals surface area contributed by atoms with Gasteiger partial charge in [-0.2, -0.15) is 0 Å². The zero-order chi connectivity index (χ0) is 22.0. The molecule has 0 saturated carbocycles. The van der Waals surface area contributed by atoms with Crippen LogP contribution in [0.4, 0.5) is 4.39 Å². The predicted octanol–water partition coefficient (Wildman–Crippen LogP) is 3.82. The van der Waals surface area contributed by atoms with Crippen LogP contribution in [0.5, 0.6) is 11.5 Å². The summed E-state index contributed by atoms with van der Waals surface area (Å²) in [5.74, 6) is 0.248. The Balaban J connectivity index is 1.37. The van der Waals surface area contributed by atoms with E-state index in [-0.39, 0.29) is 28.8 Å². The van der Waals surface area contributed by atoms with E-state index in [9.17, 15) is 14.0 Å². The van der Waals surface area contributed by atoms with Gasteiger partial charge in [0.1, 0.15) is 5.82 Å². The van der Waals surface area contributed by atoms with E-state index in [1.807, 2.05) is 0 Å². The van der Waals surface area contributed by atoms with Crippen molar-refractivity contribution in [3.8, 4) is 11.5 Å². The van der Waals surface area contributed by atoms with Gasteiger partial charge in [0, 0.05) is 32.6 Å². The summed E-state index contributed by atoms with van der Waals surface area (Å²) in [4.78, 5) is 28.8. The molecule has 0 unspecified atom stereocenters. The van der Waals surface area contributed by atoms with E-state index >= 15 is 0 Å². The second-order valence-corrected chi connectivity index (χ2v) is 8.24. The van der Waals surface area contributed by atoms with Gasteiger partial charge in [0.25, 0.3) is 5.91 Å². The van der Waals surface area contributed by atoms with Gasteiger partial charge in [-0.1, -0.05) is 23.2 Å². The lowest BCUT2D eigenvalue weighted by Gasteiger charge is -2.35. The first-order valence-electron chi connectivity index (χ1n) is 10.0. The normalized spacial score (nSPS) is 16.1. The number of carbonyl (C=O) groups excluding carboxylic acids is 2. The van der Waals surface area contributed by atoms with Crippen molar-refractivity contribution in [3.05, 3.63) is 57.3 Å². The fraction of sp³-hybridized carbons (Fsp3) is 0.364. The van der Waals surface area contributed by atoms with Crippen LogP contribution in [-0.2, 0) is 11.2 Å². The molecule has 2 aliphatic rings. The van der Waals surface area contributed by atoms with Crippen LogP contribution in [0.15, 0.2) is 30.3 Å². The number of amides is 2. The molecule has 31 heavy (non-hydrogen) atoms. The summed E-state index contributed by atoms with van der Waals surface area (Å²) in [6.07, 6.45) is 0.944. The smallest absolute Gasteiger partial charge is 0.255 e. The maximum Gasteiger partial charge on any atom is 0.255 e. The van der Waals surface area contributed by atoms with E-state index in [0.29, 0.717) is 55.9 Å². The first kappa shape index (κ1) is 21.7. The number of hydrogen-bond donors (Lipinski definition) is 0. The SMILES string of the molecule is O=C(Cc1cc(Cl)c2c(c1)OCCCO2)N1CCN(C(=O)c2ccc(F)cc2Cl)CC1. The molecule has 9 heteroatoms. The highest BCUT2D eigenvalue weighted by Crippen LogP contribution is 2.38. The standard InChI is InChI=1S/C22H21Cl2FN2O4/c23-17-13-15(25)2-3-16(17)22(29)27-6-4-26(5-7-27)20(28)12-14-10-18(24)21-19(11-14)30-8-1-9-31-21/h2-3,10-11,13H,1,4-9,12H2. The highest BCUT2D eigenvalue weighted by Gasteiger charge is 2.26. The monoisotopic (exact) mass is 466 g/mol. The summed E-state index contributed by atoms with van der Waals surface area (Å²) < 4.78 is 24.5. The number of halogens is 3. The molecule has 0 radical (unpaired) electrons. The average Bonchev–Trinajstić information content (AvgIpc) is 2.99. The molecule has 4 rings (SSSR count). The Morgan fingerprint density at radius 1 is 0.935 bits per heavy atom. The Kier molecular flexibility index (Phi) is 6.53. The van der Waals surface area contributed by atoms with E-state index in [0.717, 1.165) is 18.1 Å². The Morgan fingerprint density at radius 2 is 1.65 bits per heavy atom. The molecule has 6 nitrogen and oxygen atoms in total. The zero-order valence-corrected chi connectivity index (χ0v) is 18.2. The number of hydrogen-bond acceptors (Lipinski definition) is 4. The minimum absolute atomic E-state index is 0.0579. The summed E-state index contributed by atoms with van der Waals surface area (Å²) in [6, 6.07) is 7.23. The first-order valence-corrected chi connectivity index (χ1v) is 10.8. The molecule has 0 bridgehead atoms. The molecule has 0 spiro atoms. The van der Waals surface area contributed by atoms with Crippen LogP contribution < -0.4 is 9.47 Å². The molecule has 2 aromatic carbocycles. The molecular formula is C22H21Cl2FN2O4. The number of ether oxygens (including phenoxy) is 2. The number of carbonyl (C=O) groups is 2. The van der Waals surface area contributed by atoms with E-state index in [1.54, 1.807) is 21.9 Å². The van der Waals surface area contributed by atoms with Gasteiger partial charge < -0.3 is 19.3 Å². The fourth-order valence-electron chi connectivity index (χ4n) is 3.66. The van der Waals surface area contributed by atoms with Crippen LogP contribution in [0, 0.1) is 5.82 Å². The number of nitrogens with zero attached hydrogens (tertiary/aromatic N) is 2. The average molecular weight is 467 g/mol. The topological polar surface area (TPSA) is 59.1 Å². The van der Waals surface area contributed by atoms with Crippen molar-refractivity contribution in [2.24, 2.45) is 0 Å². The van der Waals surface area contributed by atoms with Gasteiger partial charge in [-0.25, -0.2) is 4.39 Å². The third kappa shape index (κ3) is 4.88. The summed E-state index contributed by atoms with van der Waals surface area (Å²) in [5.41, 5.74) is 1.00. The van der Waals surface area contributed by atoms with Gasteiger partial charge in [-0.05, 0) is 35.9 Å². The van der Waals surface area contributed by atoms with Crippen molar-refractivity contribution in [1.29, 1.82) is 0 Å². The van der Waals surface area contributed by atoms with Gasteiger partial charge in [0.15, 0.2) is 11.5 Å². The fourth-order valence-corrected chi connectivity index (χ4v) is 4.20. The molecule has 164 valence electrons. The lowest BCUT2D eigenvalue weighted by atomic mass is 10.1. The lowest BCUT2D eigenvalue weighted by molar-refractivity contribution is -0.131. The molecule has 2 heterocycles. The Morgan fingerprint density at radius 3 is 2.39 bits per heavy atom. The molecule has 0 aromatic heterocycles. The molecule has 2 aromatic rings. The van der Waals surface area contributed by atoms with Crippen LogP contribution in [0.1, 0.15) is 22.3 Å². The van der Waals surface area contributed by atoms with E-state index < -0.39 is 5.82 Å². The third-order valence-electron chi connectivity index (χ3n) is 5.30. The molecule has 0 aliphatic carbocycles. The Hall–Kier alpha value is -2.51. The van der Waals surface area contributed by atoms with Crippen molar-refractivity contribution in [2.45, 2.75) is 12.8 Å². The Labute approximate surface area is 189 Å².